The van der Waals surface area contributed by atoms with Crippen LogP contribution in [0.2, 0.25) is 0 Å². The molecule has 1 rings (SSSR count). The molecule has 0 unspecified atom stereocenters. The number of ether oxygens (including phenoxy) is 1. The summed E-state index contributed by atoms with van der Waals surface area (Å²) in [4.78, 5) is 3.51. The number of aromatic hydroxyl groups is 1. The Labute approximate surface area is 99.2 Å². The summed E-state index contributed by atoms with van der Waals surface area (Å²) in [7, 11) is 0. The standard InChI is InChI=1S/C9H6ClF3N2O2/c10-3-6-8(17-9(11,12)13)5(1-2-14)7(16)4-15-6/h4,16H,1,3H2. The Bertz CT molecular complexity index is 457. The van der Waals surface area contributed by atoms with Gasteiger partial charge in [0.25, 0.3) is 0 Å². The molecule has 0 spiro atoms. The molecule has 0 aliphatic heterocycles. The number of aromatic nitrogens is 1. The summed E-state index contributed by atoms with van der Waals surface area (Å²) in [6, 6.07) is 1.62. The van der Waals surface area contributed by atoms with Crippen molar-refractivity contribution in [3.8, 4) is 17.6 Å². The largest absolute Gasteiger partial charge is 0.573 e. The van der Waals surface area contributed by atoms with E-state index in [0.717, 1.165) is 6.20 Å². The van der Waals surface area contributed by atoms with Crippen molar-refractivity contribution in [2.24, 2.45) is 0 Å². The van der Waals surface area contributed by atoms with E-state index in [1.807, 2.05) is 0 Å². The number of rotatable bonds is 3. The average molecular weight is 267 g/mol. The molecular formula is C9H6ClF3N2O2. The molecule has 1 aromatic rings. The molecular weight excluding hydrogens is 261 g/mol. The van der Waals surface area contributed by atoms with Gasteiger partial charge in [0.2, 0.25) is 0 Å². The van der Waals surface area contributed by atoms with Gasteiger partial charge in [0.05, 0.1) is 35.8 Å². The lowest BCUT2D eigenvalue weighted by atomic mass is 10.1. The van der Waals surface area contributed by atoms with E-state index in [9.17, 15) is 18.3 Å². The zero-order chi connectivity index (χ0) is 13.1. The van der Waals surface area contributed by atoms with Gasteiger partial charge in [-0.05, 0) is 0 Å². The van der Waals surface area contributed by atoms with Crippen molar-refractivity contribution in [3.63, 3.8) is 0 Å². The molecule has 0 amide bonds. The summed E-state index contributed by atoms with van der Waals surface area (Å²) in [5.41, 5.74) is -0.470. The van der Waals surface area contributed by atoms with Crippen molar-refractivity contribution in [1.29, 1.82) is 5.26 Å². The van der Waals surface area contributed by atoms with Gasteiger partial charge < -0.3 is 9.84 Å². The Morgan fingerprint density at radius 3 is 2.65 bits per heavy atom. The second-order valence-corrected chi connectivity index (χ2v) is 3.18. The minimum Gasteiger partial charge on any atom is -0.506 e. The second-order valence-electron chi connectivity index (χ2n) is 2.91. The third-order valence-electron chi connectivity index (χ3n) is 1.79. The lowest BCUT2D eigenvalue weighted by Gasteiger charge is -2.15. The maximum Gasteiger partial charge on any atom is 0.573 e. The fraction of sp³-hybridized carbons (Fsp3) is 0.333. The molecule has 0 radical (unpaired) electrons. The van der Waals surface area contributed by atoms with Crippen LogP contribution in [0.1, 0.15) is 11.3 Å². The predicted octanol–water partition coefficient (Wildman–Crippen LogP) is 2.49. The van der Waals surface area contributed by atoms with E-state index in [-0.39, 0.29) is 17.1 Å². The molecule has 0 saturated carbocycles. The molecule has 0 aromatic carbocycles. The zero-order valence-corrected chi connectivity index (χ0v) is 9.01. The van der Waals surface area contributed by atoms with E-state index in [1.54, 1.807) is 6.07 Å². The second kappa shape index (κ2) is 5.10. The van der Waals surface area contributed by atoms with Crippen molar-refractivity contribution in [1.82, 2.24) is 4.98 Å². The van der Waals surface area contributed by atoms with Gasteiger partial charge >= 0.3 is 6.36 Å². The van der Waals surface area contributed by atoms with Crippen molar-refractivity contribution in [3.05, 3.63) is 17.5 Å². The van der Waals surface area contributed by atoms with Crippen LogP contribution in [-0.4, -0.2) is 16.5 Å². The Balaban J connectivity index is 3.30. The van der Waals surface area contributed by atoms with Crippen LogP contribution in [-0.2, 0) is 12.3 Å². The fourth-order valence-corrected chi connectivity index (χ4v) is 1.34. The summed E-state index contributed by atoms with van der Waals surface area (Å²) < 4.78 is 40.2. The van der Waals surface area contributed by atoms with Gasteiger partial charge in [0, 0.05) is 0 Å². The molecule has 0 fully saturated rings. The molecule has 0 aliphatic rings. The third-order valence-corrected chi connectivity index (χ3v) is 2.04. The Hall–Kier alpha value is -1.68. The van der Waals surface area contributed by atoms with Crippen LogP contribution in [0.4, 0.5) is 13.2 Å². The highest BCUT2D eigenvalue weighted by Gasteiger charge is 2.34. The number of alkyl halides is 4. The van der Waals surface area contributed by atoms with Gasteiger partial charge in [0.1, 0.15) is 5.75 Å². The van der Waals surface area contributed by atoms with Crippen molar-refractivity contribution in [2.75, 3.05) is 0 Å². The lowest BCUT2D eigenvalue weighted by Crippen LogP contribution is -2.19. The van der Waals surface area contributed by atoms with Gasteiger partial charge in [-0.15, -0.1) is 24.8 Å². The third kappa shape index (κ3) is 3.39. The highest BCUT2D eigenvalue weighted by Crippen LogP contribution is 2.34. The first-order valence-electron chi connectivity index (χ1n) is 4.27. The first-order chi connectivity index (χ1) is 7.89. The summed E-state index contributed by atoms with van der Waals surface area (Å²) >= 11 is 5.41. The van der Waals surface area contributed by atoms with E-state index in [4.69, 9.17) is 16.9 Å². The van der Waals surface area contributed by atoms with Crippen LogP contribution in [0.25, 0.3) is 0 Å². The van der Waals surface area contributed by atoms with Gasteiger partial charge in [-0.25, -0.2) is 0 Å². The van der Waals surface area contributed by atoms with Crippen LogP contribution < -0.4 is 4.74 Å². The van der Waals surface area contributed by atoms with Crippen LogP contribution in [0.3, 0.4) is 0 Å². The molecule has 1 aromatic heterocycles. The minimum atomic E-state index is -4.94. The Kier molecular flexibility index (Phi) is 4.02. The molecule has 1 heterocycles. The summed E-state index contributed by atoms with van der Waals surface area (Å²) in [6.07, 6.45) is -4.46. The highest BCUT2D eigenvalue weighted by molar-refractivity contribution is 6.17. The molecule has 8 heteroatoms. The van der Waals surface area contributed by atoms with Crippen LogP contribution in [0, 0.1) is 11.3 Å². The first kappa shape index (κ1) is 13.4. The molecule has 4 nitrogen and oxygen atoms in total. The van der Waals surface area contributed by atoms with E-state index in [0.29, 0.717) is 0 Å². The van der Waals surface area contributed by atoms with Crippen LogP contribution in [0.15, 0.2) is 6.20 Å². The number of halogens is 4. The monoisotopic (exact) mass is 266 g/mol. The molecule has 0 aliphatic carbocycles. The van der Waals surface area contributed by atoms with Crippen molar-refractivity contribution in [2.45, 2.75) is 18.7 Å². The first-order valence-corrected chi connectivity index (χ1v) is 4.81. The minimum absolute atomic E-state index is 0.188. The Morgan fingerprint density at radius 1 is 1.53 bits per heavy atom. The van der Waals surface area contributed by atoms with E-state index in [2.05, 4.69) is 9.72 Å². The summed E-state index contributed by atoms with van der Waals surface area (Å²) in [5.74, 6) is -1.59. The maximum absolute atomic E-state index is 12.2. The van der Waals surface area contributed by atoms with Gasteiger partial charge in [-0.3, -0.25) is 4.98 Å². The number of hydrogen-bond donors (Lipinski definition) is 1. The van der Waals surface area contributed by atoms with Crippen LogP contribution in [0.5, 0.6) is 11.5 Å². The molecule has 17 heavy (non-hydrogen) atoms. The maximum atomic E-state index is 12.2. The van der Waals surface area contributed by atoms with Crippen LogP contribution >= 0.6 is 11.6 Å². The van der Waals surface area contributed by atoms with E-state index >= 15 is 0 Å². The summed E-state index contributed by atoms with van der Waals surface area (Å²) in [5, 5.41) is 17.8. The normalized spacial score (nSPS) is 11.0. The SMILES string of the molecule is N#CCc1c(O)cnc(CCl)c1OC(F)(F)F. The summed E-state index contributed by atoms with van der Waals surface area (Å²) in [6.45, 7) is 0. The van der Waals surface area contributed by atoms with Crippen molar-refractivity contribution >= 4 is 11.6 Å². The molecule has 0 atom stereocenters. The quantitative estimate of drug-likeness (QED) is 0.854. The average Bonchev–Trinajstić information content (AvgIpc) is 2.22. The number of pyridine rings is 1. The molecule has 0 saturated heterocycles. The van der Waals surface area contributed by atoms with E-state index < -0.39 is 24.3 Å². The van der Waals surface area contributed by atoms with Gasteiger partial charge in [-0.2, -0.15) is 5.26 Å². The predicted molar refractivity (Wildman–Crippen MR) is 51.5 cm³/mol. The topological polar surface area (TPSA) is 66.1 Å². The van der Waals surface area contributed by atoms with E-state index in [1.165, 1.54) is 0 Å². The van der Waals surface area contributed by atoms with Gasteiger partial charge in [-0.1, -0.05) is 0 Å². The molecule has 92 valence electrons. The molecule has 1 N–H and O–H groups in total. The number of nitrogens with zero attached hydrogens (tertiary/aromatic N) is 2. The molecule has 0 bridgehead atoms. The highest BCUT2D eigenvalue weighted by atomic mass is 35.5. The lowest BCUT2D eigenvalue weighted by molar-refractivity contribution is -0.275. The van der Waals surface area contributed by atoms with Crippen molar-refractivity contribution < 1.29 is 23.0 Å². The Morgan fingerprint density at radius 2 is 2.18 bits per heavy atom. The smallest absolute Gasteiger partial charge is 0.506 e. The zero-order valence-electron chi connectivity index (χ0n) is 8.25. The van der Waals surface area contributed by atoms with Gasteiger partial charge in [0.15, 0.2) is 5.75 Å². The fourth-order valence-electron chi connectivity index (χ4n) is 1.15. The number of hydrogen-bond acceptors (Lipinski definition) is 4. The number of nitriles is 1.